The minimum absolute atomic E-state index is 0.0162. The SMILES string of the molecule is COC(=O)/C=C(/Nc1cc(C(=O)O)ccc1NCC1CCCO1)C(=O)OC. The number of carbonyl (C=O) groups excluding carboxylic acids is 2. The molecule has 0 aliphatic carbocycles. The van der Waals surface area contributed by atoms with Gasteiger partial charge in [-0.3, -0.25) is 0 Å². The normalized spacial score (nSPS) is 16.5. The fourth-order valence-corrected chi connectivity index (χ4v) is 2.54. The molecule has 1 unspecified atom stereocenters. The van der Waals surface area contributed by atoms with Crippen molar-refractivity contribution in [3.8, 4) is 0 Å². The molecular weight excluding hydrogens is 356 g/mol. The Balaban J connectivity index is 2.29. The molecule has 27 heavy (non-hydrogen) atoms. The maximum Gasteiger partial charge on any atom is 0.354 e. The maximum atomic E-state index is 11.9. The minimum Gasteiger partial charge on any atom is -0.478 e. The summed E-state index contributed by atoms with van der Waals surface area (Å²) in [4.78, 5) is 34.8. The highest BCUT2D eigenvalue weighted by atomic mass is 16.5. The van der Waals surface area contributed by atoms with E-state index in [-0.39, 0.29) is 17.4 Å². The summed E-state index contributed by atoms with van der Waals surface area (Å²) >= 11 is 0. The van der Waals surface area contributed by atoms with Crippen LogP contribution in [0.3, 0.4) is 0 Å². The average molecular weight is 378 g/mol. The largest absolute Gasteiger partial charge is 0.478 e. The van der Waals surface area contributed by atoms with E-state index in [9.17, 15) is 19.5 Å². The van der Waals surface area contributed by atoms with Gasteiger partial charge < -0.3 is 30.0 Å². The van der Waals surface area contributed by atoms with Crippen molar-refractivity contribution >= 4 is 29.3 Å². The van der Waals surface area contributed by atoms with Crippen molar-refractivity contribution in [3.63, 3.8) is 0 Å². The van der Waals surface area contributed by atoms with E-state index in [1.54, 1.807) is 6.07 Å². The molecule has 1 aromatic rings. The number of hydrogen-bond donors (Lipinski definition) is 3. The molecule has 1 aliphatic rings. The Bertz CT molecular complexity index is 739. The van der Waals surface area contributed by atoms with E-state index in [4.69, 9.17) is 4.74 Å². The Morgan fingerprint density at radius 2 is 2.04 bits per heavy atom. The molecule has 1 atom stereocenters. The number of rotatable bonds is 8. The van der Waals surface area contributed by atoms with Crippen LogP contribution in [0.15, 0.2) is 30.0 Å². The molecular formula is C18H22N2O7. The van der Waals surface area contributed by atoms with Crippen LogP contribution in [0, 0.1) is 0 Å². The average Bonchev–Trinajstić information content (AvgIpc) is 3.18. The molecule has 0 amide bonds. The monoisotopic (exact) mass is 378 g/mol. The summed E-state index contributed by atoms with van der Waals surface area (Å²) in [6, 6.07) is 4.37. The summed E-state index contributed by atoms with van der Waals surface area (Å²) in [5.74, 6) is -2.68. The summed E-state index contributed by atoms with van der Waals surface area (Å²) in [5.41, 5.74) is 0.679. The van der Waals surface area contributed by atoms with Crippen LogP contribution in [-0.2, 0) is 23.8 Å². The van der Waals surface area contributed by atoms with E-state index in [1.165, 1.54) is 26.4 Å². The lowest BCUT2D eigenvalue weighted by molar-refractivity contribution is -0.138. The standard InChI is InChI=1S/C18H22N2O7/c1-25-16(21)9-15(18(24)26-2)20-14-8-11(17(22)23)5-6-13(14)19-10-12-4-3-7-27-12/h5-6,8-9,12,19-20H,3-4,7,10H2,1-2H3,(H,22,23)/b15-9+. The molecule has 2 rings (SSSR count). The number of nitrogens with one attached hydrogen (secondary N) is 2. The van der Waals surface area contributed by atoms with Gasteiger partial charge >= 0.3 is 17.9 Å². The van der Waals surface area contributed by atoms with Crippen LogP contribution in [-0.4, -0.2) is 56.5 Å². The van der Waals surface area contributed by atoms with Crippen LogP contribution >= 0.6 is 0 Å². The van der Waals surface area contributed by atoms with E-state index in [2.05, 4.69) is 20.1 Å². The summed E-state index contributed by atoms with van der Waals surface area (Å²) < 4.78 is 14.7. The molecule has 1 fully saturated rings. The molecule has 1 aromatic carbocycles. The highest BCUT2D eigenvalue weighted by molar-refractivity contribution is 6.00. The van der Waals surface area contributed by atoms with Gasteiger partial charge in [-0.2, -0.15) is 0 Å². The molecule has 146 valence electrons. The highest BCUT2D eigenvalue weighted by Gasteiger charge is 2.18. The number of ether oxygens (including phenoxy) is 3. The molecule has 1 aliphatic heterocycles. The lowest BCUT2D eigenvalue weighted by atomic mass is 10.1. The number of aromatic carboxylic acids is 1. The van der Waals surface area contributed by atoms with Gasteiger partial charge in [0, 0.05) is 13.2 Å². The van der Waals surface area contributed by atoms with Gasteiger partial charge in [-0.1, -0.05) is 0 Å². The molecule has 0 spiro atoms. The fraction of sp³-hybridized carbons (Fsp3) is 0.389. The summed E-state index contributed by atoms with van der Waals surface area (Å²) in [6.07, 6.45) is 2.91. The second-order valence-corrected chi connectivity index (χ2v) is 5.78. The predicted molar refractivity (Wildman–Crippen MR) is 96.6 cm³/mol. The second-order valence-electron chi connectivity index (χ2n) is 5.78. The van der Waals surface area contributed by atoms with E-state index in [0.29, 0.717) is 24.5 Å². The molecule has 0 bridgehead atoms. The fourth-order valence-electron chi connectivity index (χ4n) is 2.54. The van der Waals surface area contributed by atoms with Crippen molar-refractivity contribution in [1.29, 1.82) is 0 Å². The number of carbonyl (C=O) groups is 3. The number of carboxylic acids is 1. The van der Waals surface area contributed by atoms with Gasteiger partial charge in [0.15, 0.2) is 0 Å². The molecule has 0 aromatic heterocycles. The summed E-state index contributed by atoms with van der Waals surface area (Å²) in [5, 5.41) is 15.2. The number of esters is 2. The van der Waals surface area contributed by atoms with Crippen molar-refractivity contribution in [2.45, 2.75) is 18.9 Å². The molecule has 9 heteroatoms. The lowest BCUT2D eigenvalue weighted by Gasteiger charge is -2.17. The van der Waals surface area contributed by atoms with Gasteiger partial charge in [-0.15, -0.1) is 0 Å². The van der Waals surface area contributed by atoms with Gasteiger partial charge in [-0.05, 0) is 31.0 Å². The third-order valence-corrected chi connectivity index (χ3v) is 3.95. The molecule has 0 radical (unpaired) electrons. The lowest BCUT2D eigenvalue weighted by Crippen LogP contribution is -2.20. The van der Waals surface area contributed by atoms with Crippen molar-refractivity contribution in [2.75, 3.05) is 38.0 Å². The summed E-state index contributed by atoms with van der Waals surface area (Å²) in [6.45, 7) is 1.24. The Hall–Kier alpha value is -3.07. The van der Waals surface area contributed by atoms with E-state index in [1.807, 2.05) is 0 Å². The number of benzene rings is 1. The maximum absolute atomic E-state index is 11.9. The van der Waals surface area contributed by atoms with Gasteiger partial charge in [0.1, 0.15) is 5.70 Å². The molecule has 1 heterocycles. The van der Waals surface area contributed by atoms with E-state index in [0.717, 1.165) is 18.9 Å². The predicted octanol–water partition coefficient (Wildman–Crippen LogP) is 1.62. The smallest absolute Gasteiger partial charge is 0.354 e. The van der Waals surface area contributed by atoms with Crippen molar-refractivity contribution in [1.82, 2.24) is 0 Å². The van der Waals surface area contributed by atoms with Crippen molar-refractivity contribution in [3.05, 3.63) is 35.5 Å². The van der Waals surface area contributed by atoms with E-state index >= 15 is 0 Å². The zero-order valence-corrected chi connectivity index (χ0v) is 15.1. The number of anilines is 2. The van der Waals surface area contributed by atoms with Crippen LogP contribution in [0.1, 0.15) is 23.2 Å². The Labute approximate surface area is 156 Å². The first kappa shape index (κ1) is 20.2. The van der Waals surface area contributed by atoms with Crippen LogP contribution in [0.25, 0.3) is 0 Å². The van der Waals surface area contributed by atoms with Gasteiger partial charge in [0.25, 0.3) is 0 Å². The van der Waals surface area contributed by atoms with Crippen LogP contribution in [0.5, 0.6) is 0 Å². The number of hydrogen-bond acceptors (Lipinski definition) is 8. The quantitative estimate of drug-likeness (QED) is 0.457. The van der Waals surface area contributed by atoms with Crippen LogP contribution in [0.4, 0.5) is 11.4 Å². The topological polar surface area (TPSA) is 123 Å². The molecule has 1 saturated heterocycles. The Morgan fingerprint density at radius 1 is 1.26 bits per heavy atom. The van der Waals surface area contributed by atoms with Crippen molar-refractivity contribution < 1.29 is 33.7 Å². The molecule has 0 saturated carbocycles. The summed E-state index contributed by atoms with van der Waals surface area (Å²) in [7, 11) is 2.34. The first-order chi connectivity index (χ1) is 12.9. The zero-order valence-electron chi connectivity index (χ0n) is 15.1. The first-order valence-electron chi connectivity index (χ1n) is 8.32. The number of carboxylic acid groups (broad SMARTS) is 1. The highest BCUT2D eigenvalue weighted by Crippen LogP contribution is 2.26. The third-order valence-electron chi connectivity index (χ3n) is 3.95. The molecule has 9 nitrogen and oxygen atoms in total. The molecule has 3 N–H and O–H groups in total. The third kappa shape index (κ3) is 5.71. The Kier molecular flexibility index (Phi) is 7.18. The first-order valence-corrected chi connectivity index (χ1v) is 8.32. The van der Waals surface area contributed by atoms with Crippen LogP contribution in [0.2, 0.25) is 0 Å². The minimum atomic E-state index is -1.12. The number of methoxy groups -OCH3 is 2. The zero-order chi connectivity index (χ0) is 19.8. The van der Waals surface area contributed by atoms with Crippen molar-refractivity contribution in [2.24, 2.45) is 0 Å². The second kappa shape index (κ2) is 9.58. The van der Waals surface area contributed by atoms with Crippen LogP contribution < -0.4 is 10.6 Å². The van der Waals surface area contributed by atoms with Gasteiger partial charge in [0.05, 0.1) is 43.3 Å². The van der Waals surface area contributed by atoms with Gasteiger partial charge in [0.2, 0.25) is 0 Å². The Morgan fingerprint density at radius 3 is 2.63 bits per heavy atom. The van der Waals surface area contributed by atoms with Gasteiger partial charge in [-0.25, -0.2) is 14.4 Å². The van der Waals surface area contributed by atoms with E-state index < -0.39 is 17.9 Å².